The maximum atomic E-state index is 13.3. The van der Waals surface area contributed by atoms with E-state index in [0.29, 0.717) is 24.7 Å². The van der Waals surface area contributed by atoms with Crippen LogP contribution in [-0.4, -0.2) is 86.2 Å². The van der Waals surface area contributed by atoms with Gasteiger partial charge in [-0.3, -0.25) is 9.69 Å². The maximum absolute atomic E-state index is 13.3. The summed E-state index contributed by atoms with van der Waals surface area (Å²) in [5, 5.41) is 0. The second kappa shape index (κ2) is 7.59. The molecule has 2 aliphatic rings. The fourth-order valence-corrected chi connectivity index (χ4v) is 3.51. The first kappa shape index (κ1) is 17.3. The second-order valence-corrected chi connectivity index (χ2v) is 6.94. The molecule has 0 saturated carbocycles. The van der Waals surface area contributed by atoms with Crippen LogP contribution in [0.1, 0.15) is 16.8 Å². The highest BCUT2D eigenvalue weighted by atomic mass is 19.1. The topological polar surface area (TPSA) is 36.0 Å². The molecule has 1 aromatic carbocycles. The van der Waals surface area contributed by atoms with E-state index in [-0.39, 0.29) is 17.8 Å². The van der Waals surface area contributed by atoms with Crippen molar-refractivity contribution >= 4 is 5.91 Å². The van der Waals surface area contributed by atoms with Gasteiger partial charge in [0, 0.05) is 44.3 Å². The number of carbonyl (C=O) groups is 1. The lowest BCUT2D eigenvalue weighted by Crippen LogP contribution is -2.52. The van der Waals surface area contributed by atoms with Gasteiger partial charge < -0.3 is 14.5 Å². The Bertz CT molecular complexity index is 581. The summed E-state index contributed by atoms with van der Waals surface area (Å²) in [6.45, 7) is 4.86. The summed E-state index contributed by atoms with van der Waals surface area (Å²) >= 11 is 0. The van der Waals surface area contributed by atoms with Gasteiger partial charge in [0.05, 0.1) is 12.7 Å². The highest BCUT2D eigenvalue weighted by Gasteiger charge is 2.37. The van der Waals surface area contributed by atoms with Crippen LogP contribution >= 0.6 is 0 Å². The van der Waals surface area contributed by atoms with Crippen LogP contribution in [0.2, 0.25) is 0 Å². The van der Waals surface area contributed by atoms with Crippen LogP contribution in [0.25, 0.3) is 0 Å². The van der Waals surface area contributed by atoms with Gasteiger partial charge in [0.25, 0.3) is 5.91 Å². The van der Waals surface area contributed by atoms with Gasteiger partial charge in [-0.2, -0.15) is 0 Å². The number of hydrogen-bond acceptors (Lipinski definition) is 4. The van der Waals surface area contributed by atoms with Gasteiger partial charge in [0.1, 0.15) is 5.82 Å². The molecule has 2 saturated heterocycles. The summed E-state index contributed by atoms with van der Waals surface area (Å²) in [7, 11) is 4.08. The van der Waals surface area contributed by atoms with Gasteiger partial charge in [-0.15, -0.1) is 0 Å². The Morgan fingerprint density at radius 2 is 2.17 bits per heavy atom. The number of amides is 1. The third kappa shape index (κ3) is 4.12. The van der Waals surface area contributed by atoms with Gasteiger partial charge in [-0.1, -0.05) is 6.07 Å². The molecule has 0 N–H and O–H groups in total. The van der Waals surface area contributed by atoms with Crippen molar-refractivity contribution in [1.29, 1.82) is 0 Å². The lowest BCUT2D eigenvalue weighted by molar-refractivity contribution is 0.0479. The fourth-order valence-electron chi connectivity index (χ4n) is 3.51. The average Bonchev–Trinajstić information content (AvgIpc) is 2.95. The number of fused-ring (bicyclic) bond motifs is 1. The molecule has 5 nitrogen and oxygen atoms in total. The predicted molar refractivity (Wildman–Crippen MR) is 90.6 cm³/mol. The molecule has 0 bridgehead atoms. The predicted octanol–water partition coefficient (Wildman–Crippen LogP) is 1.30. The molecule has 0 spiro atoms. The summed E-state index contributed by atoms with van der Waals surface area (Å²) in [6, 6.07) is 6.29. The zero-order valence-electron chi connectivity index (χ0n) is 14.4. The Kier molecular flexibility index (Phi) is 5.48. The van der Waals surface area contributed by atoms with Crippen molar-refractivity contribution in [3.63, 3.8) is 0 Å². The van der Waals surface area contributed by atoms with Gasteiger partial charge in [-0.25, -0.2) is 4.39 Å². The van der Waals surface area contributed by atoms with Crippen molar-refractivity contribution in [3.05, 3.63) is 35.6 Å². The minimum atomic E-state index is -0.366. The number of carbonyl (C=O) groups excluding carboxylic acids is 1. The molecular weight excluding hydrogens is 309 g/mol. The number of likely N-dealkylation sites (N-methyl/N-ethyl adjacent to an activating group) is 1. The van der Waals surface area contributed by atoms with Crippen molar-refractivity contribution in [2.24, 2.45) is 0 Å². The third-order valence-electron chi connectivity index (χ3n) is 4.83. The molecule has 2 fully saturated rings. The largest absolute Gasteiger partial charge is 0.375 e. The molecule has 2 aliphatic heterocycles. The first-order chi connectivity index (χ1) is 11.5. The van der Waals surface area contributed by atoms with E-state index in [1.807, 2.05) is 19.0 Å². The zero-order chi connectivity index (χ0) is 17.1. The fraction of sp³-hybridized carbons (Fsp3) is 0.611. The quantitative estimate of drug-likeness (QED) is 0.813. The molecule has 132 valence electrons. The molecule has 0 unspecified atom stereocenters. The van der Waals surface area contributed by atoms with E-state index in [2.05, 4.69) is 9.80 Å². The highest BCUT2D eigenvalue weighted by molar-refractivity contribution is 5.94. The van der Waals surface area contributed by atoms with Crippen LogP contribution in [0.5, 0.6) is 0 Å². The van der Waals surface area contributed by atoms with Crippen molar-refractivity contribution in [3.8, 4) is 0 Å². The van der Waals surface area contributed by atoms with Crippen molar-refractivity contribution in [2.75, 3.05) is 53.4 Å². The minimum absolute atomic E-state index is 0.0777. The van der Waals surface area contributed by atoms with Crippen molar-refractivity contribution in [2.45, 2.75) is 18.6 Å². The summed E-state index contributed by atoms with van der Waals surface area (Å²) in [5.74, 6) is -0.444. The van der Waals surface area contributed by atoms with E-state index in [4.69, 9.17) is 4.74 Å². The van der Waals surface area contributed by atoms with E-state index in [0.717, 1.165) is 32.7 Å². The van der Waals surface area contributed by atoms with Gasteiger partial charge >= 0.3 is 0 Å². The number of piperazine rings is 1. The normalized spacial score (nSPS) is 24.4. The molecule has 6 heteroatoms. The number of hydrogen-bond donors (Lipinski definition) is 0. The number of halogens is 1. The van der Waals surface area contributed by atoms with E-state index in [9.17, 15) is 9.18 Å². The first-order valence-electron chi connectivity index (χ1n) is 8.58. The van der Waals surface area contributed by atoms with Gasteiger partial charge in [-0.05, 0) is 38.7 Å². The molecule has 2 atom stereocenters. The first-order valence-corrected chi connectivity index (χ1v) is 8.58. The smallest absolute Gasteiger partial charge is 0.254 e. The standard InChI is InChI=1S/C18H26FN3O2/c1-20(2)8-9-24-17-11-16-12-22(7-6-21(16)13-17)18(23)14-4-3-5-15(19)10-14/h3-5,10,16-17H,6-9,11-13H2,1-2H3/t16-,17+/m0/s1. The summed E-state index contributed by atoms with van der Waals surface area (Å²) in [4.78, 5) is 18.9. The van der Waals surface area contributed by atoms with Crippen LogP contribution in [0.4, 0.5) is 4.39 Å². The van der Waals surface area contributed by atoms with Crippen LogP contribution in [-0.2, 0) is 4.74 Å². The summed E-state index contributed by atoms with van der Waals surface area (Å²) in [6.07, 6.45) is 1.21. The van der Waals surface area contributed by atoms with E-state index in [1.54, 1.807) is 12.1 Å². The number of ether oxygens (including phenoxy) is 1. The van der Waals surface area contributed by atoms with Gasteiger partial charge in [0.2, 0.25) is 0 Å². The van der Waals surface area contributed by atoms with Gasteiger partial charge in [0.15, 0.2) is 0 Å². The maximum Gasteiger partial charge on any atom is 0.254 e. The van der Waals surface area contributed by atoms with Crippen molar-refractivity contribution < 1.29 is 13.9 Å². The highest BCUT2D eigenvalue weighted by Crippen LogP contribution is 2.25. The Hall–Kier alpha value is -1.50. The lowest BCUT2D eigenvalue weighted by Gasteiger charge is -2.37. The second-order valence-electron chi connectivity index (χ2n) is 6.94. The SMILES string of the molecule is CN(C)CCO[C@@H]1C[C@H]2CN(C(=O)c3cccc(F)c3)CCN2C1. The molecule has 1 aromatic rings. The lowest BCUT2D eigenvalue weighted by atomic mass is 10.1. The van der Waals surface area contributed by atoms with E-state index < -0.39 is 0 Å². The molecule has 3 rings (SSSR count). The van der Waals surface area contributed by atoms with E-state index in [1.165, 1.54) is 12.1 Å². The minimum Gasteiger partial charge on any atom is -0.375 e. The van der Waals surface area contributed by atoms with Crippen LogP contribution in [0, 0.1) is 5.82 Å². The Morgan fingerprint density at radius 3 is 2.92 bits per heavy atom. The summed E-state index contributed by atoms with van der Waals surface area (Å²) < 4.78 is 19.3. The average molecular weight is 335 g/mol. The number of rotatable bonds is 5. The molecule has 0 aliphatic carbocycles. The Morgan fingerprint density at radius 1 is 1.33 bits per heavy atom. The molecule has 0 aromatic heterocycles. The monoisotopic (exact) mass is 335 g/mol. The number of benzene rings is 1. The molecular formula is C18H26FN3O2. The van der Waals surface area contributed by atoms with Crippen LogP contribution in [0.3, 0.4) is 0 Å². The van der Waals surface area contributed by atoms with E-state index >= 15 is 0 Å². The Labute approximate surface area is 143 Å². The van der Waals surface area contributed by atoms with Crippen LogP contribution < -0.4 is 0 Å². The number of nitrogens with zero attached hydrogens (tertiary/aromatic N) is 3. The third-order valence-corrected chi connectivity index (χ3v) is 4.83. The molecule has 0 radical (unpaired) electrons. The van der Waals surface area contributed by atoms with Crippen molar-refractivity contribution in [1.82, 2.24) is 14.7 Å². The molecule has 2 heterocycles. The molecule has 24 heavy (non-hydrogen) atoms. The molecule has 1 amide bonds. The Balaban J connectivity index is 1.54. The van der Waals surface area contributed by atoms with Crippen LogP contribution in [0.15, 0.2) is 24.3 Å². The zero-order valence-corrected chi connectivity index (χ0v) is 14.4. The summed E-state index contributed by atoms with van der Waals surface area (Å²) in [5.41, 5.74) is 0.431.